The molecule has 0 bridgehead atoms. The lowest BCUT2D eigenvalue weighted by atomic mass is 10.3. The van der Waals surface area contributed by atoms with Crippen molar-refractivity contribution in [1.29, 1.82) is 0 Å². The van der Waals surface area contributed by atoms with Crippen molar-refractivity contribution >= 4 is 15.7 Å². The van der Waals surface area contributed by atoms with Crippen molar-refractivity contribution in [2.75, 3.05) is 19.5 Å². The number of ether oxygens (including phenoxy) is 1. The lowest BCUT2D eigenvalue weighted by Crippen LogP contribution is -2.24. The van der Waals surface area contributed by atoms with E-state index in [2.05, 4.69) is 15.0 Å². The average Bonchev–Trinajstić information content (AvgIpc) is 2.53. The molecular formula is C14H17N3O3S. The van der Waals surface area contributed by atoms with Gasteiger partial charge in [-0.1, -0.05) is 12.1 Å². The van der Waals surface area contributed by atoms with Gasteiger partial charge in [-0.15, -0.1) is 0 Å². The standard InChI is InChI=1S/C14H17N3O3S/c1-15-12-5-3-4-6-13(12)21(18,19)17-10-11-7-8-16-14(9-11)20-2/h3-9,15,17H,10H2,1-2H3. The third-order valence-corrected chi connectivity index (χ3v) is 4.38. The average molecular weight is 307 g/mol. The molecule has 0 spiro atoms. The second-order valence-corrected chi connectivity index (χ2v) is 6.01. The lowest BCUT2D eigenvalue weighted by molar-refractivity contribution is 0.397. The zero-order valence-corrected chi connectivity index (χ0v) is 12.6. The molecule has 0 aliphatic carbocycles. The van der Waals surface area contributed by atoms with E-state index in [0.717, 1.165) is 5.56 Å². The van der Waals surface area contributed by atoms with Gasteiger partial charge in [0.1, 0.15) is 4.90 Å². The number of sulfonamides is 1. The molecule has 6 nitrogen and oxygen atoms in total. The Morgan fingerprint density at radius 3 is 2.71 bits per heavy atom. The van der Waals surface area contributed by atoms with Crippen molar-refractivity contribution in [3.8, 4) is 5.88 Å². The second kappa shape index (κ2) is 6.55. The summed E-state index contributed by atoms with van der Waals surface area (Å²) in [5.74, 6) is 0.447. The smallest absolute Gasteiger partial charge is 0.242 e. The topological polar surface area (TPSA) is 80.3 Å². The van der Waals surface area contributed by atoms with Crippen LogP contribution < -0.4 is 14.8 Å². The fourth-order valence-electron chi connectivity index (χ4n) is 1.84. The zero-order chi connectivity index (χ0) is 15.3. The largest absolute Gasteiger partial charge is 0.481 e. The van der Waals surface area contributed by atoms with Gasteiger partial charge in [0, 0.05) is 25.9 Å². The van der Waals surface area contributed by atoms with Gasteiger partial charge in [0.15, 0.2) is 0 Å². The number of nitrogens with one attached hydrogen (secondary N) is 2. The quantitative estimate of drug-likeness (QED) is 0.847. The second-order valence-electron chi connectivity index (χ2n) is 4.28. The molecule has 21 heavy (non-hydrogen) atoms. The van der Waals surface area contributed by atoms with Crippen LogP contribution in [0.25, 0.3) is 0 Å². The van der Waals surface area contributed by atoms with Gasteiger partial charge in [0.05, 0.1) is 12.8 Å². The van der Waals surface area contributed by atoms with Crippen LogP contribution in [0.4, 0.5) is 5.69 Å². The summed E-state index contributed by atoms with van der Waals surface area (Å²) in [6, 6.07) is 10.1. The van der Waals surface area contributed by atoms with Gasteiger partial charge in [-0.2, -0.15) is 0 Å². The van der Waals surface area contributed by atoms with Gasteiger partial charge in [-0.3, -0.25) is 0 Å². The van der Waals surface area contributed by atoms with E-state index in [4.69, 9.17) is 4.74 Å². The van der Waals surface area contributed by atoms with Crippen LogP contribution >= 0.6 is 0 Å². The predicted octanol–water partition coefficient (Wildman–Crippen LogP) is 1.61. The number of para-hydroxylation sites is 1. The van der Waals surface area contributed by atoms with Gasteiger partial charge in [0.2, 0.25) is 15.9 Å². The van der Waals surface area contributed by atoms with E-state index in [-0.39, 0.29) is 11.4 Å². The van der Waals surface area contributed by atoms with Gasteiger partial charge in [-0.05, 0) is 23.8 Å². The Morgan fingerprint density at radius 2 is 2.00 bits per heavy atom. The Bertz CT molecular complexity index is 717. The highest BCUT2D eigenvalue weighted by molar-refractivity contribution is 7.89. The van der Waals surface area contributed by atoms with Crippen molar-refractivity contribution < 1.29 is 13.2 Å². The van der Waals surface area contributed by atoms with Crippen LogP contribution in [-0.2, 0) is 16.6 Å². The van der Waals surface area contributed by atoms with E-state index in [1.165, 1.54) is 7.11 Å². The van der Waals surface area contributed by atoms with Crippen LogP contribution in [0.5, 0.6) is 5.88 Å². The van der Waals surface area contributed by atoms with E-state index in [1.807, 2.05) is 0 Å². The number of hydrogen-bond donors (Lipinski definition) is 2. The fraction of sp³-hybridized carbons (Fsp3) is 0.214. The van der Waals surface area contributed by atoms with E-state index in [9.17, 15) is 8.42 Å². The normalized spacial score (nSPS) is 11.1. The van der Waals surface area contributed by atoms with Crippen molar-refractivity contribution in [3.63, 3.8) is 0 Å². The van der Waals surface area contributed by atoms with Gasteiger partial charge in [-0.25, -0.2) is 18.1 Å². The van der Waals surface area contributed by atoms with Crippen molar-refractivity contribution in [2.45, 2.75) is 11.4 Å². The summed E-state index contributed by atoms with van der Waals surface area (Å²) < 4.78 is 32.3. The minimum Gasteiger partial charge on any atom is -0.481 e. The van der Waals surface area contributed by atoms with Gasteiger partial charge >= 0.3 is 0 Å². The molecule has 0 aliphatic heterocycles. The molecule has 0 atom stereocenters. The molecule has 1 aromatic carbocycles. The van der Waals surface area contributed by atoms with Crippen LogP contribution in [0.2, 0.25) is 0 Å². The van der Waals surface area contributed by atoms with Crippen molar-refractivity contribution in [3.05, 3.63) is 48.2 Å². The summed E-state index contributed by atoms with van der Waals surface area (Å²) in [5, 5.41) is 2.87. The molecule has 2 aromatic rings. The Hall–Kier alpha value is -2.12. The van der Waals surface area contributed by atoms with Crippen LogP contribution in [-0.4, -0.2) is 27.6 Å². The van der Waals surface area contributed by atoms with Crippen LogP contribution in [0.15, 0.2) is 47.5 Å². The molecule has 0 unspecified atom stereocenters. The Kier molecular flexibility index (Phi) is 4.77. The monoisotopic (exact) mass is 307 g/mol. The van der Waals surface area contributed by atoms with E-state index >= 15 is 0 Å². The summed E-state index contributed by atoms with van der Waals surface area (Å²) >= 11 is 0. The molecule has 7 heteroatoms. The summed E-state index contributed by atoms with van der Waals surface area (Å²) in [6.07, 6.45) is 1.57. The highest BCUT2D eigenvalue weighted by atomic mass is 32.2. The Balaban J connectivity index is 2.18. The molecule has 0 saturated carbocycles. The number of nitrogens with zero attached hydrogens (tertiary/aromatic N) is 1. The number of benzene rings is 1. The van der Waals surface area contributed by atoms with E-state index in [1.54, 1.807) is 49.6 Å². The third-order valence-electron chi connectivity index (χ3n) is 2.92. The summed E-state index contributed by atoms with van der Waals surface area (Å²) in [7, 11) is -0.399. The molecule has 0 saturated heterocycles. The number of methoxy groups -OCH3 is 1. The zero-order valence-electron chi connectivity index (χ0n) is 11.8. The van der Waals surface area contributed by atoms with E-state index in [0.29, 0.717) is 11.6 Å². The molecule has 2 rings (SSSR count). The van der Waals surface area contributed by atoms with Crippen LogP contribution in [0.1, 0.15) is 5.56 Å². The van der Waals surface area contributed by atoms with E-state index < -0.39 is 10.0 Å². The maximum atomic E-state index is 12.3. The molecule has 0 aliphatic rings. The number of pyridine rings is 1. The molecule has 0 fully saturated rings. The maximum Gasteiger partial charge on any atom is 0.242 e. The number of rotatable bonds is 6. The summed E-state index contributed by atoms with van der Waals surface area (Å²) in [5.41, 5.74) is 1.32. The fourth-order valence-corrected chi connectivity index (χ4v) is 3.07. The van der Waals surface area contributed by atoms with Crippen molar-refractivity contribution in [1.82, 2.24) is 9.71 Å². The number of anilines is 1. The first kappa shape index (κ1) is 15.3. The van der Waals surface area contributed by atoms with Crippen LogP contribution in [0.3, 0.4) is 0 Å². The maximum absolute atomic E-state index is 12.3. The van der Waals surface area contributed by atoms with Crippen LogP contribution in [0, 0.1) is 0 Å². The molecule has 1 aromatic heterocycles. The molecule has 0 radical (unpaired) electrons. The first-order valence-corrected chi connectivity index (χ1v) is 7.80. The summed E-state index contributed by atoms with van der Waals surface area (Å²) in [4.78, 5) is 4.19. The highest BCUT2D eigenvalue weighted by Crippen LogP contribution is 2.20. The number of aromatic nitrogens is 1. The predicted molar refractivity (Wildman–Crippen MR) is 80.8 cm³/mol. The summed E-state index contributed by atoms with van der Waals surface area (Å²) in [6.45, 7) is 0.166. The molecular weight excluding hydrogens is 290 g/mol. The lowest BCUT2D eigenvalue weighted by Gasteiger charge is -2.11. The Morgan fingerprint density at radius 1 is 1.24 bits per heavy atom. The minimum atomic E-state index is -3.59. The minimum absolute atomic E-state index is 0.166. The SMILES string of the molecule is CNc1ccccc1S(=O)(=O)NCc1ccnc(OC)c1. The molecule has 0 amide bonds. The van der Waals surface area contributed by atoms with Gasteiger partial charge in [0.25, 0.3) is 0 Å². The highest BCUT2D eigenvalue weighted by Gasteiger charge is 2.17. The third kappa shape index (κ3) is 3.71. The molecule has 1 heterocycles. The molecule has 112 valence electrons. The Labute approximate surface area is 124 Å². The first-order chi connectivity index (χ1) is 10.1. The first-order valence-electron chi connectivity index (χ1n) is 6.32. The van der Waals surface area contributed by atoms with Crippen molar-refractivity contribution in [2.24, 2.45) is 0 Å². The molecule has 2 N–H and O–H groups in total. The number of hydrogen-bond acceptors (Lipinski definition) is 5. The van der Waals surface area contributed by atoms with Gasteiger partial charge < -0.3 is 10.1 Å².